The lowest BCUT2D eigenvalue weighted by Crippen LogP contribution is -2.51. The second kappa shape index (κ2) is 4.33. The third-order valence-electron chi connectivity index (χ3n) is 5.92. The summed E-state index contributed by atoms with van der Waals surface area (Å²) in [6.07, 6.45) is 7.62. The fourth-order valence-corrected chi connectivity index (χ4v) is 6.20. The van der Waals surface area contributed by atoms with Crippen LogP contribution in [0.1, 0.15) is 49.0 Å². The van der Waals surface area contributed by atoms with Gasteiger partial charge in [0.2, 0.25) is 5.91 Å². The standard InChI is InChI=1S/C17H23NOS/c1-10-3-15(20-11(10)2)18-16(19)17-7-12-4-13(8-17)6-14(5-12)9-17/h3,12-14H,4-9H2,1-2H3,(H,18,19). The molecule has 1 aromatic heterocycles. The summed E-state index contributed by atoms with van der Waals surface area (Å²) in [5.74, 6) is 2.81. The lowest BCUT2D eigenvalue weighted by Gasteiger charge is -2.55. The highest BCUT2D eigenvalue weighted by atomic mass is 32.1. The van der Waals surface area contributed by atoms with E-state index in [2.05, 4.69) is 25.2 Å². The molecule has 4 saturated carbocycles. The number of carbonyl (C=O) groups is 1. The fraction of sp³-hybridized carbons (Fsp3) is 0.706. The van der Waals surface area contributed by atoms with Gasteiger partial charge in [-0.15, -0.1) is 11.3 Å². The number of rotatable bonds is 2. The van der Waals surface area contributed by atoms with E-state index in [4.69, 9.17) is 0 Å². The van der Waals surface area contributed by atoms with Gasteiger partial charge in [0.25, 0.3) is 0 Å². The van der Waals surface area contributed by atoms with Gasteiger partial charge in [0.15, 0.2) is 0 Å². The van der Waals surface area contributed by atoms with Crippen molar-refractivity contribution in [1.82, 2.24) is 0 Å². The molecule has 1 heterocycles. The van der Waals surface area contributed by atoms with E-state index in [9.17, 15) is 4.79 Å². The smallest absolute Gasteiger partial charge is 0.231 e. The Morgan fingerprint density at radius 1 is 1.15 bits per heavy atom. The third-order valence-corrected chi connectivity index (χ3v) is 6.99. The number of thiophene rings is 1. The Labute approximate surface area is 125 Å². The van der Waals surface area contributed by atoms with Crippen LogP contribution >= 0.6 is 11.3 Å². The van der Waals surface area contributed by atoms with Gasteiger partial charge >= 0.3 is 0 Å². The molecule has 4 fully saturated rings. The van der Waals surface area contributed by atoms with E-state index < -0.39 is 0 Å². The van der Waals surface area contributed by atoms with Crippen molar-refractivity contribution >= 4 is 22.2 Å². The van der Waals surface area contributed by atoms with E-state index in [-0.39, 0.29) is 5.41 Å². The molecule has 0 saturated heterocycles. The van der Waals surface area contributed by atoms with Crippen molar-refractivity contribution in [3.63, 3.8) is 0 Å². The Balaban J connectivity index is 1.56. The number of hydrogen-bond donors (Lipinski definition) is 1. The van der Waals surface area contributed by atoms with Crippen LogP contribution in [-0.2, 0) is 4.79 Å². The molecule has 108 valence electrons. The molecule has 0 spiro atoms. The molecule has 1 N–H and O–H groups in total. The SMILES string of the molecule is Cc1cc(NC(=O)C23CC4CC(CC(C4)C2)C3)sc1C. The van der Waals surface area contributed by atoms with Gasteiger partial charge in [-0.1, -0.05) is 0 Å². The lowest BCUT2D eigenvalue weighted by atomic mass is 9.49. The summed E-state index contributed by atoms with van der Waals surface area (Å²) in [4.78, 5) is 14.2. The van der Waals surface area contributed by atoms with Crippen molar-refractivity contribution in [2.45, 2.75) is 52.4 Å². The van der Waals surface area contributed by atoms with E-state index >= 15 is 0 Å². The molecule has 4 bridgehead atoms. The molecule has 1 amide bonds. The zero-order valence-corrected chi connectivity index (χ0v) is 13.2. The topological polar surface area (TPSA) is 29.1 Å². The first kappa shape index (κ1) is 12.9. The maximum Gasteiger partial charge on any atom is 0.231 e. The highest BCUT2D eigenvalue weighted by Crippen LogP contribution is 2.60. The molecule has 0 atom stereocenters. The van der Waals surface area contributed by atoms with Crippen molar-refractivity contribution in [2.75, 3.05) is 5.32 Å². The van der Waals surface area contributed by atoms with E-state index in [1.165, 1.54) is 29.7 Å². The van der Waals surface area contributed by atoms with Crippen molar-refractivity contribution in [2.24, 2.45) is 23.2 Å². The van der Waals surface area contributed by atoms with Crippen LogP contribution in [0.25, 0.3) is 0 Å². The number of aryl methyl sites for hydroxylation is 2. The van der Waals surface area contributed by atoms with Crippen LogP contribution in [0.15, 0.2) is 6.07 Å². The van der Waals surface area contributed by atoms with E-state index in [1.54, 1.807) is 11.3 Å². The van der Waals surface area contributed by atoms with Gasteiger partial charge in [-0.25, -0.2) is 0 Å². The van der Waals surface area contributed by atoms with E-state index in [1.807, 2.05) is 0 Å². The Hall–Kier alpha value is -0.830. The number of carbonyl (C=O) groups excluding carboxylic acids is 1. The second-order valence-corrected chi connectivity index (χ2v) is 8.76. The van der Waals surface area contributed by atoms with Crippen LogP contribution in [0.3, 0.4) is 0 Å². The Morgan fingerprint density at radius 3 is 2.15 bits per heavy atom. The van der Waals surface area contributed by atoms with Crippen molar-refractivity contribution < 1.29 is 4.79 Å². The van der Waals surface area contributed by atoms with Gasteiger partial charge in [-0.2, -0.15) is 0 Å². The molecule has 4 aliphatic rings. The molecule has 2 nitrogen and oxygen atoms in total. The molecular weight excluding hydrogens is 266 g/mol. The van der Waals surface area contributed by atoms with Crippen LogP contribution in [0.5, 0.6) is 0 Å². The number of amides is 1. The molecule has 0 aliphatic heterocycles. The van der Waals surface area contributed by atoms with Crippen LogP contribution < -0.4 is 5.32 Å². The highest BCUT2D eigenvalue weighted by molar-refractivity contribution is 7.16. The summed E-state index contributed by atoms with van der Waals surface area (Å²) in [7, 11) is 0. The van der Waals surface area contributed by atoms with E-state index in [0.29, 0.717) is 5.91 Å². The van der Waals surface area contributed by atoms with Gasteiger partial charge in [-0.05, 0) is 81.8 Å². The number of hydrogen-bond acceptors (Lipinski definition) is 2. The predicted molar refractivity (Wildman–Crippen MR) is 83.0 cm³/mol. The summed E-state index contributed by atoms with van der Waals surface area (Å²) in [6.45, 7) is 4.24. The minimum atomic E-state index is -0.0272. The van der Waals surface area contributed by atoms with Crippen molar-refractivity contribution in [3.05, 3.63) is 16.5 Å². The molecular formula is C17H23NOS. The Morgan fingerprint density at radius 2 is 1.70 bits per heavy atom. The number of anilines is 1. The fourth-order valence-electron chi connectivity index (χ4n) is 5.27. The molecule has 20 heavy (non-hydrogen) atoms. The maximum absolute atomic E-state index is 12.9. The summed E-state index contributed by atoms with van der Waals surface area (Å²) in [5.41, 5.74) is 1.26. The Bertz CT molecular complexity index is 505. The minimum absolute atomic E-state index is 0.0272. The first-order chi connectivity index (χ1) is 9.54. The lowest BCUT2D eigenvalue weighted by molar-refractivity contribution is -0.140. The van der Waals surface area contributed by atoms with Gasteiger partial charge in [0.05, 0.1) is 10.4 Å². The molecule has 1 aromatic rings. The highest BCUT2D eigenvalue weighted by Gasteiger charge is 2.54. The van der Waals surface area contributed by atoms with Gasteiger partial charge < -0.3 is 5.32 Å². The van der Waals surface area contributed by atoms with Crippen LogP contribution in [0, 0.1) is 37.0 Å². The molecule has 3 heteroatoms. The van der Waals surface area contributed by atoms with Gasteiger partial charge in [-0.3, -0.25) is 4.79 Å². The summed E-state index contributed by atoms with van der Waals surface area (Å²) < 4.78 is 0. The van der Waals surface area contributed by atoms with Crippen molar-refractivity contribution in [3.8, 4) is 0 Å². The second-order valence-electron chi connectivity index (χ2n) is 7.50. The molecule has 0 unspecified atom stereocenters. The first-order valence-electron chi connectivity index (χ1n) is 7.92. The molecule has 0 aromatic carbocycles. The third kappa shape index (κ3) is 1.93. The van der Waals surface area contributed by atoms with Crippen LogP contribution in [0.2, 0.25) is 0 Å². The molecule has 5 rings (SSSR count). The summed E-state index contributed by atoms with van der Waals surface area (Å²) in [6, 6.07) is 2.12. The zero-order chi connectivity index (χ0) is 13.9. The Kier molecular flexibility index (Phi) is 2.79. The van der Waals surface area contributed by atoms with Gasteiger partial charge in [0.1, 0.15) is 0 Å². The predicted octanol–water partition coefficient (Wildman–Crippen LogP) is 4.52. The largest absolute Gasteiger partial charge is 0.317 e. The first-order valence-corrected chi connectivity index (χ1v) is 8.74. The summed E-state index contributed by atoms with van der Waals surface area (Å²) in [5, 5.41) is 4.28. The van der Waals surface area contributed by atoms with Crippen LogP contribution in [0.4, 0.5) is 5.00 Å². The number of nitrogens with one attached hydrogen (secondary N) is 1. The monoisotopic (exact) mass is 289 g/mol. The average Bonchev–Trinajstić information content (AvgIpc) is 2.66. The van der Waals surface area contributed by atoms with E-state index in [0.717, 1.165) is 42.0 Å². The quantitative estimate of drug-likeness (QED) is 0.852. The zero-order valence-electron chi connectivity index (χ0n) is 12.4. The average molecular weight is 289 g/mol. The molecule has 4 aliphatic carbocycles. The maximum atomic E-state index is 12.9. The van der Waals surface area contributed by atoms with Crippen molar-refractivity contribution in [1.29, 1.82) is 0 Å². The van der Waals surface area contributed by atoms with Gasteiger partial charge in [0, 0.05) is 4.88 Å². The molecule has 0 radical (unpaired) electrons. The normalized spacial score (nSPS) is 38.2. The minimum Gasteiger partial charge on any atom is -0.317 e. The summed E-state index contributed by atoms with van der Waals surface area (Å²) >= 11 is 1.71. The van der Waals surface area contributed by atoms with Crippen LogP contribution in [-0.4, -0.2) is 5.91 Å².